The van der Waals surface area contributed by atoms with Gasteiger partial charge >= 0.3 is 0 Å². The molecule has 2 N–H and O–H groups in total. The fraction of sp³-hybridized carbons (Fsp3) is 0.667. The second-order valence-electron chi connectivity index (χ2n) is 9.18. The van der Waals surface area contributed by atoms with Gasteiger partial charge in [0.15, 0.2) is 0 Å². The summed E-state index contributed by atoms with van der Waals surface area (Å²) in [6.07, 6.45) is 4.81. The Morgan fingerprint density at radius 1 is 1.07 bits per heavy atom. The van der Waals surface area contributed by atoms with Crippen LogP contribution in [0.4, 0.5) is 5.69 Å². The molecule has 0 aromatic heterocycles. The lowest BCUT2D eigenvalue weighted by Crippen LogP contribution is -2.56. The summed E-state index contributed by atoms with van der Waals surface area (Å²) in [5, 5.41) is 6.36. The molecule has 1 aromatic carbocycles. The molecule has 1 aliphatic carbocycles. The summed E-state index contributed by atoms with van der Waals surface area (Å²) < 4.78 is 0. The molecule has 1 saturated carbocycles. The second-order valence-corrected chi connectivity index (χ2v) is 9.18. The van der Waals surface area contributed by atoms with Crippen molar-refractivity contribution in [1.82, 2.24) is 15.1 Å². The van der Waals surface area contributed by atoms with Crippen LogP contribution in [0.3, 0.4) is 0 Å². The normalized spacial score (nSPS) is 24.3. The van der Waals surface area contributed by atoms with E-state index in [0.717, 1.165) is 49.4 Å². The Hall–Kier alpha value is -1.92. The van der Waals surface area contributed by atoms with Crippen molar-refractivity contribution in [3.8, 4) is 0 Å². The molecule has 3 atom stereocenters. The van der Waals surface area contributed by atoms with Crippen LogP contribution >= 0.6 is 0 Å². The lowest BCUT2D eigenvalue weighted by Gasteiger charge is -2.38. The molecule has 0 unspecified atom stereocenters. The predicted octanol–water partition coefficient (Wildman–Crippen LogP) is 2.94. The van der Waals surface area contributed by atoms with Gasteiger partial charge in [0.05, 0.1) is 12.6 Å². The van der Waals surface area contributed by atoms with Crippen molar-refractivity contribution in [2.45, 2.75) is 65.5 Å². The lowest BCUT2D eigenvalue weighted by atomic mass is 9.86. The standard InChI is InChI=1S/C24H38N4O2/c1-17-8-5-6-11-21(17)25-24(30)20(4)28-14-12-27(13-15-28)16-22(29)26-23-18(2)9-7-10-19(23)3/h7,9-10,17,20-21H,5-6,8,11-16H2,1-4H3,(H,25,30)(H,26,29)/t17-,20-,21+/m0/s1. The van der Waals surface area contributed by atoms with Gasteiger partial charge in [-0.2, -0.15) is 0 Å². The number of carbonyl (C=O) groups excluding carboxylic acids is 2. The third-order valence-corrected chi connectivity index (χ3v) is 6.89. The molecule has 0 bridgehead atoms. The van der Waals surface area contributed by atoms with Gasteiger partial charge in [0.25, 0.3) is 0 Å². The van der Waals surface area contributed by atoms with E-state index in [2.05, 4.69) is 27.4 Å². The molecular formula is C24H38N4O2. The molecule has 1 saturated heterocycles. The van der Waals surface area contributed by atoms with Crippen molar-refractivity contribution >= 4 is 17.5 Å². The summed E-state index contributed by atoms with van der Waals surface area (Å²) in [4.78, 5) is 29.7. The van der Waals surface area contributed by atoms with Gasteiger partial charge < -0.3 is 10.6 Å². The molecule has 0 spiro atoms. The number of amides is 2. The second kappa shape index (κ2) is 10.4. The molecule has 1 aliphatic heterocycles. The SMILES string of the molecule is Cc1cccc(C)c1NC(=O)CN1CCN([C@@H](C)C(=O)N[C@@H]2CCCC[C@@H]2C)CC1. The van der Waals surface area contributed by atoms with Crippen LogP contribution in [-0.2, 0) is 9.59 Å². The summed E-state index contributed by atoms with van der Waals surface area (Å²) in [5.74, 6) is 0.745. The highest BCUT2D eigenvalue weighted by Crippen LogP contribution is 2.24. The Morgan fingerprint density at radius 3 is 2.33 bits per heavy atom. The smallest absolute Gasteiger partial charge is 0.238 e. The number of hydrogen-bond acceptors (Lipinski definition) is 4. The zero-order valence-corrected chi connectivity index (χ0v) is 19.0. The van der Waals surface area contributed by atoms with Crippen LogP contribution in [0.2, 0.25) is 0 Å². The summed E-state index contributed by atoms with van der Waals surface area (Å²) in [7, 11) is 0. The minimum absolute atomic E-state index is 0.0259. The number of rotatable bonds is 6. The minimum atomic E-state index is -0.121. The number of carbonyl (C=O) groups is 2. The van der Waals surface area contributed by atoms with Gasteiger partial charge in [0, 0.05) is 37.9 Å². The number of hydrogen-bond donors (Lipinski definition) is 2. The molecule has 6 nitrogen and oxygen atoms in total. The zero-order valence-electron chi connectivity index (χ0n) is 19.0. The van der Waals surface area contributed by atoms with Crippen LogP contribution in [0.25, 0.3) is 0 Å². The Morgan fingerprint density at radius 2 is 1.70 bits per heavy atom. The summed E-state index contributed by atoms with van der Waals surface area (Å²) in [5.41, 5.74) is 3.09. The first-order valence-corrected chi connectivity index (χ1v) is 11.5. The van der Waals surface area contributed by atoms with Crippen LogP contribution < -0.4 is 10.6 Å². The minimum Gasteiger partial charge on any atom is -0.352 e. The topological polar surface area (TPSA) is 64.7 Å². The summed E-state index contributed by atoms with van der Waals surface area (Å²) in [6, 6.07) is 6.24. The first-order chi connectivity index (χ1) is 14.3. The number of nitrogens with zero attached hydrogens (tertiary/aromatic N) is 2. The lowest BCUT2D eigenvalue weighted by molar-refractivity contribution is -0.128. The Labute approximate surface area is 181 Å². The molecule has 1 aromatic rings. The van der Waals surface area contributed by atoms with Crippen LogP contribution in [-0.4, -0.2) is 66.4 Å². The van der Waals surface area contributed by atoms with Crippen molar-refractivity contribution in [3.05, 3.63) is 29.3 Å². The van der Waals surface area contributed by atoms with Crippen molar-refractivity contribution < 1.29 is 9.59 Å². The van der Waals surface area contributed by atoms with Crippen LogP contribution in [0.1, 0.15) is 50.7 Å². The third-order valence-electron chi connectivity index (χ3n) is 6.89. The molecule has 3 rings (SSSR count). The van der Waals surface area contributed by atoms with E-state index in [1.165, 1.54) is 19.3 Å². The molecule has 166 valence electrons. The third kappa shape index (κ3) is 5.82. The van der Waals surface area contributed by atoms with Crippen molar-refractivity contribution in [2.24, 2.45) is 5.92 Å². The van der Waals surface area contributed by atoms with Crippen LogP contribution in [0, 0.1) is 19.8 Å². The van der Waals surface area contributed by atoms with Gasteiger partial charge in [-0.1, -0.05) is 38.0 Å². The van der Waals surface area contributed by atoms with E-state index in [1.807, 2.05) is 39.0 Å². The van der Waals surface area contributed by atoms with Crippen molar-refractivity contribution in [3.63, 3.8) is 0 Å². The number of anilines is 1. The van der Waals surface area contributed by atoms with Gasteiger partial charge in [-0.3, -0.25) is 19.4 Å². The van der Waals surface area contributed by atoms with E-state index < -0.39 is 0 Å². The van der Waals surface area contributed by atoms with Gasteiger partial charge in [-0.25, -0.2) is 0 Å². The highest BCUT2D eigenvalue weighted by molar-refractivity contribution is 5.93. The largest absolute Gasteiger partial charge is 0.352 e. The monoisotopic (exact) mass is 414 g/mol. The molecule has 2 aliphatic rings. The average Bonchev–Trinajstić information content (AvgIpc) is 2.72. The molecular weight excluding hydrogens is 376 g/mol. The van der Waals surface area contributed by atoms with Crippen LogP contribution in [0.5, 0.6) is 0 Å². The van der Waals surface area contributed by atoms with Gasteiger partial charge in [-0.15, -0.1) is 0 Å². The van der Waals surface area contributed by atoms with E-state index in [1.54, 1.807) is 0 Å². The van der Waals surface area contributed by atoms with Gasteiger partial charge in [0.2, 0.25) is 11.8 Å². The van der Waals surface area contributed by atoms with Crippen LogP contribution in [0.15, 0.2) is 18.2 Å². The Balaban J connectivity index is 1.43. The van der Waals surface area contributed by atoms with Gasteiger partial charge in [0.1, 0.15) is 0 Å². The van der Waals surface area contributed by atoms with E-state index in [9.17, 15) is 9.59 Å². The maximum absolute atomic E-state index is 12.8. The number of nitrogens with one attached hydrogen (secondary N) is 2. The highest BCUT2D eigenvalue weighted by Gasteiger charge is 2.29. The summed E-state index contributed by atoms with van der Waals surface area (Å²) in [6.45, 7) is 11.9. The number of piperazine rings is 1. The molecule has 30 heavy (non-hydrogen) atoms. The van der Waals surface area contributed by atoms with E-state index >= 15 is 0 Å². The first kappa shape index (κ1) is 22.8. The van der Waals surface area contributed by atoms with E-state index in [0.29, 0.717) is 18.5 Å². The van der Waals surface area contributed by atoms with E-state index in [4.69, 9.17) is 0 Å². The van der Waals surface area contributed by atoms with E-state index in [-0.39, 0.29) is 17.9 Å². The summed E-state index contributed by atoms with van der Waals surface area (Å²) >= 11 is 0. The first-order valence-electron chi connectivity index (χ1n) is 11.5. The number of aryl methyl sites for hydroxylation is 2. The molecule has 6 heteroatoms. The highest BCUT2D eigenvalue weighted by atomic mass is 16.2. The Kier molecular flexibility index (Phi) is 7.89. The maximum atomic E-state index is 12.8. The average molecular weight is 415 g/mol. The maximum Gasteiger partial charge on any atom is 0.238 e. The fourth-order valence-corrected chi connectivity index (χ4v) is 4.70. The number of para-hydroxylation sites is 1. The molecule has 1 heterocycles. The molecule has 0 radical (unpaired) electrons. The van der Waals surface area contributed by atoms with Crippen molar-refractivity contribution in [1.29, 1.82) is 0 Å². The molecule has 2 fully saturated rings. The predicted molar refractivity (Wildman–Crippen MR) is 122 cm³/mol. The van der Waals surface area contributed by atoms with Crippen molar-refractivity contribution in [2.75, 3.05) is 38.0 Å². The number of benzene rings is 1. The quantitative estimate of drug-likeness (QED) is 0.751. The zero-order chi connectivity index (χ0) is 21.7. The van der Waals surface area contributed by atoms with Gasteiger partial charge in [-0.05, 0) is 50.7 Å². The molecule has 2 amide bonds. The Bertz CT molecular complexity index is 722. The fourth-order valence-electron chi connectivity index (χ4n) is 4.70.